The molecule has 1 aliphatic rings. The molecule has 0 fully saturated rings. The normalized spacial score (nSPS) is 17.4. The number of fused-ring (bicyclic) bond motifs is 1. The SMILES string of the molecule is CC[C@H](C)[C@@H](NC(=O)[C@@H](Cc1ccccc1)NC(=O)N1c2ccccc2NC(=O)[C@@H]1C(C)C)C(=O)O. The minimum Gasteiger partial charge on any atom is -0.480 e. The summed E-state index contributed by atoms with van der Waals surface area (Å²) in [6.45, 7) is 7.29. The Morgan fingerprint density at radius 3 is 2.25 bits per heavy atom. The molecule has 0 aromatic heterocycles. The van der Waals surface area contributed by atoms with Crippen LogP contribution < -0.4 is 20.9 Å². The van der Waals surface area contributed by atoms with Gasteiger partial charge in [0.25, 0.3) is 0 Å². The van der Waals surface area contributed by atoms with Gasteiger partial charge in [-0.15, -0.1) is 0 Å². The van der Waals surface area contributed by atoms with Crippen LogP contribution >= 0.6 is 0 Å². The van der Waals surface area contributed by atoms with Gasteiger partial charge in [0.2, 0.25) is 11.8 Å². The standard InChI is InChI=1S/C27H34N4O5/c1-5-17(4)22(26(34)35)30-24(32)20(15-18-11-7-6-8-12-18)29-27(36)31-21-14-10-9-13-19(21)28-25(33)23(31)16(2)3/h6-14,16-17,20,22-23H,5,15H2,1-4H3,(H,28,33)(H,29,36)(H,30,32)(H,34,35)/t17-,20+,22+,23-/m0/s1. The zero-order valence-corrected chi connectivity index (χ0v) is 21.0. The maximum atomic E-state index is 13.7. The summed E-state index contributed by atoms with van der Waals surface area (Å²) in [7, 11) is 0. The molecular weight excluding hydrogens is 460 g/mol. The van der Waals surface area contributed by atoms with Crippen molar-refractivity contribution >= 4 is 35.2 Å². The van der Waals surface area contributed by atoms with Crippen molar-refractivity contribution in [3.05, 3.63) is 60.2 Å². The van der Waals surface area contributed by atoms with E-state index in [4.69, 9.17) is 0 Å². The van der Waals surface area contributed by atoms with Crippen LogP contribution in [0.5, 0.6) is 0 Å². The van der Waals surface area contributed by atoms with Crippen molar-refractivity contribution in [2.45, 2.75) is 58.7 Å². The first-order valence-electron chi connectivity index (χ1n) is 12.2. The van der Waals surface area contributed by atoms with Gasteiger partial charge in [0.05, 0.1) is 11.4 Å². The van der Waals surface area contributed by atoms with E-state index in [1.165, 1.54) is 4.90 Å². The first kappa shape index (κ1) is 26.7. The van der Waals surface area contributed by atoms with Gasteiger partial charge in [0.15, 0.2) is 0 Å². The van der Waals surface area contributed by atoms with Crippen molar-refractivity contribution in [3.63, 3.8) is 0 Å². The van der Waals surface area contributed by atoms with Crippen molar-refractivity contribution in [2.75, 3.05) is 10.2 Å². The van der Waals surface area contributed by atoms with Crippen LogP contribution in [-0.4, -0.2) is 47.0 Å². The summed E-state index contributed by atoms with van der Waals surface area (Å²) in [5.74, 6) is -2.56. The van der Waals surface area contributed by atoms with Crippen LogP contribution in [-0.2, 0) is 20.8 Å². The Labute approximate surface area is 211 Å². The summed E-state index contributed by atoms with van der Waals surface area (Å²) in [5.41, 5.74) is 1.82. The number of nitrogens with zero attached hydrogens (tertiary/aromatic N) is 1. The van der Waals surface area contributed by atoms with Gasteiger partial charge in [-0.2, -0.15) is 0 Å². The minimum atomic E-state index is -1.14. The maximum absolute atomic E-state index is 13.7. The number of carbonyl (C=O) groups excluding carboxylic acids is 3. The van der Waals surface area contributed by atoms with E-state index in [0.29, 0.717) is 17.8 Å². The van der Waals surface area contributed by atoms with Crippen molar-refractivity contribution in [3.8, 4) is 0 Å². The van der Waals surface area contributed by atoms with E-state index in [-0.39, 0.29) is 24.2 Å². The first-order chi connectivity index (χ1) is 17.1. The van der Waals surface area contributed by atoms with E-state index in [1.54, 1.807) is 31.2 Å². The van der Waals surface area contributed by atoms with E-state index in [0.717, 1.165) is 5.56 Å². The molecule has 0 saturated carbocycles. The summed E-state index contributed by atoms with van der Waals surface area (Å²) in [6, 6.07) is 12.6. The number of urea groups is 1. The number of para-hydroxylation sites is 2. The molecule has 0 spiro atoms. The summed E-state index contributed by atoms with van der Waals surface area (Å²) >= 11 is 0. The summed E-state index contributed by atoms with van der Waals surface area (Å²) in [6.07, 6.45) is 0.710. The minimum absolute atomic E-state index is 0.152. The molecule has 192 valence electrons. The summed E-state index contributed by atoms with van der Waals surface area (Å²) in [5, 5.41) is 17.9. The lowest BCUT2D eigenvalue weighted by atomic mass is 9.97. The molecule has 4 amide bonds. The molecule has 3 rings (SSSR count). The highest BCUT2D eigenvalue weighted by Crippen LogP contribution is 2.34. The zero-order chi connectivity index (χ0) is 26.4. The van der Waals surface area contributed by atoms with Crippen LogP contribution in [0.3, 0.4) is 0 Å². The maximum Gasteiger partial charge on any atom is 0.326 e. The van der Waals surface area contributed by atoms with Crippen molar-refractivity contribution in [1.29, 1.82) is 0 Å². The molecule has 0 aliphatic carbocycles. The molecule has 1 aliphatic heterocycles. The Morgan fingerprint density at radius 1 is 1.00 bits per heavy atom. The predicted molar refractivity (Wildman–Crippen MR) is 138 cm³/mol. The molecule has 4 atom stereocenters. The molecular formula is C27H34N4O5. The quantitative estimate of drug-likeness (QED) is 0.425. The topological polar surface area (TPSA) is 128 Å². The fourth-order valence-corrected chi connectivity index (χ4v) is 4.31. The van der Waals surface area contributed by atoms with Crippen molar-refractivity contribution in [2.24, 2.45) is 11.8 Å². The number of carbonyl (C=O) groups is 4. The fourth-order valence-electron chi connectivity index (χ4n) is 4.31. The molecule has 0 unspecified atom stereocenters. The molecule has 9 heteroatoms. The van der Waals surface area contributed by atoms with Crippen molar-refractivity contribution in [1.82, 2.24) is 10.6 Å². The molecule has 4 N–H and O–H groups in total. The third kappa shape index (κ3) is 6.02. The molecule has 9 nitrogen and oxygen atoms in total. The van der Waals surface area contributed by atoms with Gasteiger partial charge in [-0.05, 0) is 29.5 Å². The van der Waals surface area contributed by atoms with Gasteiger partial charge >= 0.3 is 12.0 Å². The molecule has 0 saturated heterocycles. The van der Waals surface area contributed by atoms with E-state index in [1.807, 2.05) is 51.1 Å². The number of hydrogen-bond acceptors (Lipinski definition) is 4. The largest absolute Gasteiger partial charge is 0.480 e. The highest BCUT2D eigenvalue weighted by molar-refractivity contribution is 6.12. The number of benzene rings is 2. The molecule has 0 radical (unpaired) electrons. The van der Waals surface area contributed by atoms with Gasteiger partial charge in [-0.25, -0.2) is 9.59 Å². The van der Waals surface area contributed by atoms with E-state index in [9.17, 15) is 24.3 Å². The monoisotopic (exact) mass is 494 g/mol. The number of carboxylic acids is 1. The molecule has 0 bridgehead atoms. The molecule has 2 aromatic carbocycles. The fraction of sp³-hybridized carbons (Fsp3) is 0.407. The van der Waals surface area contributed by atoms with Crippen LogP contribution in [0.4, 0.5) is 16.2 Å². The zero-order valence-electron chi connectivity index (χ0n) is 21.0. The lowest BCUT2D eigenvalue weighted by Crippen LogP contribution is -2.61. The molecule has 1 heterocycles. The van der Waals surface area contributed by atoms with Gasteiger partial charge in [0.1, 0.15) is 18.1 Å². The number of rotatable bonds is 9. The van der Waals surface area contributed by atoms with E-state index < -0.39 is 36.0 Å². The highest BCUT2D eigenvalue weighted by Gasteiger charge is 2.40. The number of nitrogens with one attached hydrogen (secondary N) is 3. The number of anilines is 2. The van der Waals surface area contributed by atoms with Crippen LogP contribution in [0.1, 0.15) is 39.7 Å². The van der Waals surface area contributed by atoms with Gasteiger partial charge < -0.3 is 21.1 Å². The van der Waals surface area contributed by atoms with Crippen LogP contribution in [0.2, 0.25) is 0 Å². The first-order valence-corrected chi connectivity index (χ1v) is 12.2. The lowest BCUT2D eigenvalue weighted by Gasteiger charge is -2.39. The van der Waals surface area contributed by atoms with Crippen LogP contribution in [0.15, 0.2) is 54.6 Å². The third-order valence-electron chi connectivity index (χ3n) is 6.49. The van der Waals surface area contributed by atoms with Crippen LogP contribution in [0, 0.1) is 11.8 Å². The van der Waals surface area contributed by atoms with E-state index >= 15 is 0 Å². The number of hydrogen-bond donors (Lipinski definition) is 4. The second kappa shape index (κ2) is 11.7. The van der Waals surface area contributed by atoms with Gasteiger partial charge in [-0.1, -0.05) is 76.6 Å². The van der Waals surface area contributed by atoms with E-state index in [2.05, 4.69) is 16.0 Å². The predicted octanol–water partition coefficient (Wildman–Crippen LogP) is 3.41. The average molecular weight is 495 g/mol. The smallest absolute Gasteiger partial charge is 0.326 e. The highest BCUT2D eigenvalue weighted by atomic mass is 16.4. The summed E-state index contributed by atoms with van der Waals surface area (Å²) in [4.78, 5) is 53.1. The van der Waals surface area contributed by atoms with Crippen molar-refractivity contribution < 1.29 is 24.3 Å². The number of carboxylic acid groups (broad SMARTS) is 1. The number of aliphatic carboxylic acids is 1. The summed E-state index contributed by atoms with van der Waals surface area (Å²) < 4.78 is 0. The van der Waals surface area contributed by atoms with Gasteiger partial charge in [0, 0.05) is 6.42 Å². The Bertz CT molecular complexity index is 1100. The Hall–Kier alpha value is -3.88. The molecule has 2 aromatic rings. The van der Waals surface area contributed by atoms with Crippen LogP contribution in [0.25, 0.3) is 0 Å². The third-order valence-corrected chi connectivity index (χ3v) is 6.49. The Morgan fingerprint density at radius 2 is 1.64 bits per heavy atom. The lowest BCUT2D eigenvalue weighted by molar-refractivity contribution is -0.143. The second-order valence-corrected chi connectivity index (χ2v) is 9.47. The number of amides is 4. The molecule has 36 heavy (non-hydrogen) atoms. The second-order valence-electron chi connectivity index (χ2n) is 9.47. The Balaban J connectivity index is 1.93. The Kier molecular flexibility index (Phi) is 8.68. The van der Waals surface area contributed by atoms with Gasteiger partial charge in [-0.3, -0.25) is 14.5 Å². The average Bonchev–Trinajstić information content (AvgIpc) is 2.85.